The molecule has 0 spiro atoms. The van der Waals surface area contributed by atoms with Crippen LogP contribution in [-0.4, -0.2) is 26.0 Å². The Bertz CT molecular complexity index is 1230. The number of carboxylic acid groups (broad SMARTS) is 1. The SMILES string of the molecule is O=C(O)c1ccc2nc(Cc3ccc(-c4cccc(=O)[nH]4)cc3F)[nH]c2c1. The molecule has 6 nitrogen and oxygen atoms in total. The molecular formula is C20H14FN3O3. The first kappa shape index (κ1) is 16.7. The molecule has 2 heterocycles. The minimum absolute atomic E-state index is 0.157. The summed E-state index contributed by atoms with van der Waals surface area (Å²) in [6, 6.07) is 14.0. The zero-order chi connectivity index (χ0) is 19.0. The van der Waals surface area contributed by atoms with Gasteiger partial charge in [0.05, 0.1) is 16.6 Å². The Morgan fingerprint density at radius 3 is 2.67 bits per heavy atom. The smallest absolute Gasteiger partial charge is 0.335 e. The minimum Gasteiger partial charge on any atom is -0.478 e. The molecule has 0 aliphatic rings. The number of halogens is 1. The van der Waals surface area contributed by atoms with Crippen molar-refractivity contribution in [2.24, 2.45) is 0 Å². The van der Waals surface area contributed by atoms with Gasteiger partial charge in [-0.15, -0.1) is 0 Å². The Hall–Kier alpha value is -3.74. The van der Waals surface area contributed by atoms with Crippen molar-refractivity contribution in [1.29, 1.82) is 0 Å². The first-order chi connectivity index (χ1) is 13.0. The number of rotatable bonds is 4. The van der Waals surface area contributed by atoms with Gasteiger partial charge in [-0.2, -0.15) is 0 Å². The summed E-state index contributed by atoms with van der Waals surface area (Å²) >= 11 is 0. The molecule has 27 heavy (non-hydrogen) atoms. The van der Waals surface area contributed by atoms with E-state index < -0.39 is 11.8 Å². The number of aromatic nitrogens is 3. The summed E-state index contributed by atoms with van der Waals surface area (Å²) in [5, 5.41) is 9.05. The first-order valence-corrected chi connectivity index (χ1v) is 8.20. The number of aromatic amines is 2. The quantitative estimate of drug-likeness (QED) is 0.518. The van der Waals surface area contributed by atoms with Gasteiger partial charge in [0.25, 0.3) is 0 Å². The number of aromatic carboxylic acids is 1. The van der Waals surface area contributed by atoms with Crippen LogP contribution in [0.5, 0.6) is 0 Å². The predicted octanol–water partition coefficient (Wildman–Crippen LogP) is 3.35. The third kappa shape index (κ3) is 3.35. The highest BCUT2D eigenvalue weighted by atomic mass is 19.1. The number of hydrogen-bond donors (Lipinski definition) is 3. The maximum Gasteiger partial charge on any atom is 0.335 e. The van der Waals surface area contributed by atoms with Gasteiger partial charge in [-0.25, -0.2) is 14.2 Å². The molecule has 3 N–H and O–H groups in total. The summed E-state index contributed by atoms with van der Waals surface area (Å²) in [5.74, 6) is -0.898. The Balaban J connectivity index is 1.63. The third-order valence-electron chi connectivity index (χ3n) is 4.27. The lowest BCUT2D eigenvalue weighted by atomic mass is 10.1. The van der Waals surface area contributed by atoms with Crippen LogP contribution in [0.2, 0.25) is 0 Å². The van der Waals surface area contributed by atoms with Gasteiger partial charge in [0.2, 0.25) is 5.56 Å². The third-order valence-corrected chi connectivity index (χ3v) is 4.27. The highest BCUT2D eigenvalue weighted by Crippen LogP contribution is 2.22. The molecule has 4 rings (SSSR count). The van der Waals surface area contributed by atoms with Crippen LogP contribution in [0.1, 0.15) is 21.7 Å². The topological polar surface area (TPSA) is 98.8 Å². The number of nitrogens with one attached hydrogen (secondary N) is 2. The van der Waals surface area contributed by atoms with Crippen LogP contribution >= 0.6 is 0 Å². The Kier molecular flexibility index (Phi) is 4.04. The number of nitrogens with zero attached hydrogens (tertiary/aromatic N) is 1. The number of fused-ring (bicyclic) bond motifs is 1. The lowest BCUT2D eigenvalue weighted by molar-refractivity contribution is 0.0697. The zero-order valence-electron chi connectivity index (χ0n) is 14.0. The van der Waals surface area contributed by atoms with E-state index in [2.05, 4.69) is 15.0 Å². The van der Waals surface area contributed by atoms with Crippen LogP contribution < -0.4 is 5.56 Å². The number of benzene rings is 2. The van der Waals surface area contributed by atoms with Crippen LogP contribution in [0.15, 0.2) is 59.4 Å². The number of hydrogen-bond acceptors (Lipinski definition) is 3. The summed E-state index contributed by atoms with van der Waals surface area (Å²) in [7, 11) is 0. The van der Waals surface area contributed by atoms with Crippen molar-refractivity contribution in [3.8, 4) is 11.3 Å². The average molecular weight is 363 g/mol. The first-order valence-electron chi connectivity index (χ1n) is 8.20. The van der Waals surface area contributed by atoms with Gasteiger partial charge >= 0.3 is 5.97 Å². The van der Waals surface area contributed by atoms with Crippen LogP contribution in [-0.2, 0) is 6.42 Å². The van der Waals surface area contributed by atoms with E-state index in [0.717, 1.165) is 0 Å². The molecule has 0 saturated heterocycles. The molecule has 2 aromatic carbocycles. The van der Waals surface area contributed by atoms with Gasteiger partial charge in [0.15, 0.2) is 0 Å². The number of carbonyl (C=O) groups is 1. The molecule has 0 amide bonds. The maximum atomic E-state index is 14.5. The molecule has 0 aliphatic heterocycles. The summed E-state index contributed by atoms with van der Waals surface area (Å²) in [5.41, 5.74) is 2.67. The van der Waals surface area contributed by atoms with E-state index in [1.165, 1.54) is 24.3 Å². The van der Waals surface area contributed by atoms with Crippen LogP contribution in [0, 0.1) is 5.82 Å². The number of pyridine rings is 1. The van der Waals surface area contributed by atoms with E-state index in [1.807, 2.05) is 0 Å². The Morgan fingerprint density at radius 1 is 1.07 bits per heavy atom. The molecule has 0 unspecified atom stereocenters. The van der Waals surface area contributed by atoms with Gasteiger partial charge in [0, 0.05) is 23.7 Å². The molecule has 0 fully saturated rings. The van der Waals surface area contributed by atoms with E-state index >= 15 is 0 Å². The van der Waals surface area contributed by atoms with Gasteiger partial charge in [-0.1, -0.05) is 18.2 Å². The number of H-pyrrole nitrogens is 2. The van der Waals surface area contributed by atoms with Gasteiger partial charge in [-0.05, 0) is 35.9 Å². The minimum atomic E-state index is -1.02. The monoisotopic (exact) mass is 363 g/mol. The van der Waals surface area contributed by atoms with Crippen molar-refractivity contribution < 1.29 is 14.3 Å². The van der Waals surface area contributed by atoms with E-state index in [0.29, 0.717) is 33.7 Å². The van der Waals surface area contributed by atoms with Crippen molar-refractivity contribution in [3.63, 3.8) is 0 Å². The maximum absolute atomic E-state index is 14.5. The summed E-state index contributed by atoms with van der Waals surface area (Å²) < 4.78 is 14.5. The van der Waals surface area contributed by atoms with Crippen LogP contribution in [0.3, 0.4) is 0 Å². The normalized spacial score (nSPS) is 11.0. The molecule has 4 aromatic rings. The fraction of sp³-hybridized carbons (Fsp3) is 0.0500. The number of carboxylic acids is 1. The average Bonchev–Trinajstić information content (AvgIpc) is 3.05. The van der Waals surface area contributed by atoms with Crippen molar-refractivity contribution >= 4 is 17.0 Å². The zero-order valence-corrected chi connectivity index (χ0v) is 14.0. The molecule has 0 bridgehead atoms. The molecule has 2 aromatic heterocycles. The second-order valence-corrected chi connectivity index (χ2v) is 6.13. The highest BCUT2D eigenvalue weighted by molar-refractivity contribution is 5.92. The number of imidazole rings is 1. The second-order valence-electron chi connectivity index (χ2n) is 6.13. The van der Waals surface area contributed by atoms with Gasteiger partial charge in [0.1, 0.15) is 11.6 Å². The lowest BCUT2D eigenvalue weighted by Gasteiger charge is -2.05. The van der Waals surface area contributed by atoms with Crippen molar-refractivity contribution in [2.45, 2.75) is 6.42 Å². The molecule has 0 aliphatic carbocycles. The Morgan fingerprint density at radius 2 is 1.93 bits per heavy atom. The fourth-order valence-electron chi connectivity index (χ4n) is 2.93. The lowest BCUT2D eigenvalue weighted by Crippen LogP contribution is -2.04. The largest absolute Gasteiger partial charge is 0.478 e. The standard InChI is InChI=1S/C20H14FN3O3/c21-14-8-12(15-2-1-3-19(25)24-15)5-4-11(14)10-18-22-16-7-6-13(20(26)27)9-17(16)23-18/h1-9H,10H2,(H,22,23)(H,24,25)(H,26,27). The van der Waals surface area contributed by atoms with E-state index in [-0.39, 0.29) is 17.5 Å². The van der Waals surface area contributed by atoms with E-state index in [9.17, 15) is 14.0 Å². The molecule has 0 radical (unpaired) electrons. The van der Waals surface area contributed by atoms with Gasteiger partial charge in [-0.3, -0.25) is 4.79 Å². The van der Waals surface area contributed by atoms with Crippen LogP contribution in [0.4, 0.5) is 4.39 Å². The van der Waals surface area contributed by atoms with Crippen molar-refractivity contribution in [3.05, 3.63) is 87.7 Å². The molecule has 134 valence electrons. The molecule has 0 atom stereocenters. The predicted molar refractivity (Wildman–Crippen MR) is 98.3 cm³/mol. The van der Waals surface area contributed by atoms with Crippen LogP contribution in [0.25, 0.3) is 22.3 Å². The summed E-state index contributed by atoms with van der Waals surface area (Å²) in [6.45, 7) is 0. The fourth-order valence-corrected chi connectivity index (χ4v) is 2.93. The Labute approximate surface area is 152 Å². The van der Waals surface area contributed by atoms with E-state index in [1.54, 1.807) is 30.3 Å². The molecule has 0 saturated carbocycles. The van der Waals surface area contributed by atoms with Gasteiger partial charge < -0.3 is 15.1 Å². The highest BCUT2D eigenvalue weighted by Gasteiger charge is 2.11. The van der Waals surface area contributed by atoms with Crippen molar-refractivity contribution in [2.75, 3.05) is 0 Å². The molecular weight excluding hydrogens is 349 g/mol. The summed E-state index contributed by atoms with van der Waals surface area (Å²) in [4.78, 5) is 32.5. The van der Waals surface area contributed by atoms with Crippen molar-refractivity contribution in [1.82, 2.24) is 15.0 Å². The van der Waals surface area contributed by atoms with E-state index in [4.69, 9.17) is 5.11 Å². The summed E-state index contributed by atoms with van der Waals surface area (Å²) in [6.07, 6.45) is 0.231. The second kappa shape index (κ2) is 6.53. The molecule has 7 heteroatoms.